The summed E-state index contributed by atoms with van der Waals surface area (Å²) in [6.45, 7) is 9.04. The normalized spacial score (nSPS) is 16.2. The first-order valence-electron chi connectivity index (χ1n) is 11.2. The fourth-order valence-corrected chi connectivity index (χ4v) is 5.36. The lowest BCUT2D eigenvalue weighted by Crippen LogP contribution is -2.33. The molecule has 29 heavy (non-hydrogen) atoms. The number of fused-ring (bicyclic) bond motifs is 2. The highest BCUT2D eigenvalue weighted by Crippen LogP contribution is 2.51. The fourth-order valence-electron chi connectivity index (χ4n) is 5.36. The number of rotatable bonds is 2. The first kappa shape index (κ1) is 18.7. The van der Waals surface area contributed by atoms with Crippen molar-refractivity contribution in [3.63, 3.8) is 0 Å². The second-order valence-corrected chi connectivity index (χ2v) is 9.46. The molecule has 2 aromatic carbocycles. The monoisotopic (exact) mass is 386 g/mol. The van der Waals surface area contributed by atoms with Gasteiger partial charge in [0.25, 0.3) is 5.69 Å². The quantitative estimate of drug-likeness (QED) is 0.331. The third kappa shape index (κ3) is 2.87. The molecule has 0 saturated heterocycles. The maximum absolute atomic E-state index is 6.78. The van der Waals surface area contributed by atoms with Crippen molar-refractivity contribution in [2.45, 2.75) is 71.6 Å². The van der Waals surface area contributed by atoms with Gasteiger partial charge in [-0.25, -0.2) is 0 Å². The summed E-state index contributed by atoms with van der Waals surface area (Å²) in [5.74, 6) is 3.25. The molecule has 0 radical (unpaired) electrons. The summed E-state index contributed by atoms with van der Waals surface area (Å²) in [5.41, 5.74) is 8.11. The zero-order valence-corrected chi connectivity index (χ0v) is 18.4. The summed E-state index contributed by atoms with van der Waals surface area (Å²) < 4.78 is 9.05. The van der Waals surface area contributed by atoms with Crippen LogP contribution in [0.25, 0.3) is 22.0 Å². The smallest absolute Gasteiger partial charge is 0.256 e. The average Bonchev–Trinajstić information content (AvgIpc) is 2.71. The van der Waals surface area contributed by atoms with Crippen molar-refractivity contribution in [1.82, 2.24) is 0 Å². The molecule has 1 fully saturated rings. The third-order valence-electron chi connectivity index (χ3n) is 7.21. The van der Waals surface area contributed by atoms with Gasteiger partial charge in [-0.2, -0.15) is 4.57 Å². The Hall–Kier alpha value is -2.35. The van der Waals surface area contributed by atoms with Crippen molar-refractivity contribution in [1.29, 1.82) is 0 Å². The van der Waals surface area contributed by atoms with E-state index in [2.05, 4.69) is 69.8 Å². The van der Waals surface area contributed by atoms with E-state index in [4.69, 9.17) is 4.74 Å². The summed E-state index contributed by atoms with van der Waals surface area (Å²) in [7, 11) is 2.16. The number of nitrogens with zero attached hydrogens (tertiary/aromatic N) is 1. The van der Waals surface area contributed by atoms with Crippen LogP contribution in [-0.4, -0.2) is 0 Å². The van der Waals surface area contributed by atoms with Gasteiger partial charge in [0.05, 0.1) is 5.56 Å². The van der Waals surface area contributed by atoms with Crippen LogP contribution in [0.1, 0.15) is 80.0 Å². The van der Waals surface area contributed by atoms with Gasteiger partial charge in [-0.15, -0.1) is 0 Å². The van der Waals surface area contributed by atoms with E-state index in [-0.39, 0.29) is 0 Å². The summed E-state index contributed by atoms with van der Waals surface area (Å²) in [5, 5.41) is 2.58. The highest BCUT2D eigenvalue weighted by molar-refractivity contribution is 6.05. The molecule has 3 aromatic rings. The lowest BCUT2D eigenvalue weighted by Gasteiger charge is -2.28. The van der Waals surface area contributed by atoms with Crippen molar-refractivity contribution in [3.05, 3.63) is 52.7 Å². The number of aromatic nitrogens is 1. The van der Waals surface area contributed by atoms with Crippen LogP contribution in [0, 0.1) is 13.8 Å². The molecule has 1 aliphatic carbocycles. The predicted molar refractivity (Wildman–Crippen MR) is 120 cm³/mol. The van der Waals surface area contributed by atoms with E-state index in [9.17, 15) is 0 Å². The molecule has 0 amide bonds. The number of hydrogen-bond acceptors (Lipinski definition) is 1. The van der Waals surface area contributed by atoms with Gasteiger partial charge >= 0.3 is 0 Å². The van der Waals surface area contributed by atoms with Crippen LogP contribution in [0.3, 0.4) is 0 Å². The Morgan fingerprint density at radius 2 is 1.79 bits per heavy atom. The predicted octanol–water partition coefficient (Wildman–Crippen LogP) is 7.22. The minimum absolute atomic E-state index is 0.482. The van der Waals surface area contributed by atoms with Crippen molar-refractivity contribution >= 4 is 10.8 Å². The zero-order valence-electron chi connectivity index (χ0n) is 18.4. The van der Waals surface area contributed by atoms with Gasteiger partial charge in [0.2, 0.25) is 5.75 Å². The van der Waals surface area contributed by atoms with E-state index >= 15 is 0 Å². The third-order valence-corrected chi connectivity index (χ3v) is 7.21. The van der Waals surface area contributed by atoms with Gasteiger partial charge in [-0.05, 0) is 66.7 Å². The fraction of sp³-hybridized carbons (Fsp3) is 0.444. The number of ether oxygens (including phenoxy) is 1. The first-order valence-corrected chi connectivity index (χ1v) is 11.2. The van der Waals surface area contributed by atoms with Gasteiger partial charge in [0, 0.05) is 17.0 Å². The van der Waals surface area contributed by atoms with Crippen LogP contribution in [0.2, 0.25) is 0 Å². The molecule has 2 nitrogen and oxygen atoms in total. The Kier molecular flexibility index (Phi) is 4.42. The van der Waals surface area contributed by atoms with E-state index in [1.165, 1.54) is 76.4 Å². The van der Waals surface area contributed by atoms with Crippen molar-refractivity contribution in [2.24, 2.45) is 7.05 Å². The van der Waals surface area contributed by atoms with Crippen LogP contribution in [-0.2, 0) is 7.05 Å². The number of aryl methyl sites for hydroxylation is 2. The van der Waals surface area contributed by atoms with Gasteiger partial charge < -0.3 is 4.74 Å². The van der Waals surface area contributed by atoms with Gasteiger partial charge in [0.15, 0.2) is 6.20 Å². The molecule has 2 heterocycles. The van der Waals surface area contributed by atoms with Gasteiger partial charge in [-0.1, -0.05) is 45.2 Å². The molecule has 0 spiro atoms. The average molecular weight is 387 g/mol. The summed E-state index contributed by atoms with van der Waals surface area (Å²) in [6.07, 6.45) is 8.85. The Bertz CT molecular complexity index is 1120. The Morgan fingerprint density at radius 1 is 1.03 bits per heavy atom. The maximum atomic E-state index is 6.78. The van der Waals surface area contributed by atoms with E-state index in [0.29, 0.717) is 11.8 Å². The van der Waals surface area contributed by atoms with Gasteiger partial charge in [-0.3, -0.25) is 0 Å². The molecule has 1 saturated carbocycles. The van der Waals surface area contributed by atoms with E-state index < -0.39 is 0 Å². The second kappa shape index (κ2) is 6.86. The molecule has 1 aliphatic heterocycles. The van der Waals surface area contributed by atoms with Crippen LogP contribution in [0.4, 0.5) is 0 Å². The minimum Gasteiger partial charge on any atom is -0.449 e. The lowest BCUT2D eigenvalue weighted by atomic mass is 9.82. The van der Waals surface area contributed by atoms with Crippen molar-refractivity contribution in [3.8, 4) is 22.8 Å². The number of pyridine rings is 1. The van der Waals surface area contributed by atoms with Crippen molar-refractivity contribution < 1.29 is 9.30 Å². The molecule has 2 aliphatic rings. The lowest BCUT2D eigenvalue weighted by molar-refractivity contribution is -0.660. The highest BCUT2D eigenvalue weighted by Gasteiger charge is 2.34. The number of benzene rings is 2. The van der Waals surface area contributed by atoms with Crippen LogP contribution in [0.15, 0.2) is 30.5 Å². The molecule has 1 aromatic heterocycles. The minimum atomic E-state index is 0.482. The SMILES string of the molecule is Cc1cc2cc(C(C)C)cc3c2c(c1C)-c1c(c(C2CCCCC2)cc[n+]1C)O3. The molecular formula is C27H32NO+. The molecule has 0 unspecified atom stereocenters. The first-order chi connectivity index (χ1) is 14.0. The Balaban J connectivity index is 1.84. The van der Waals surface area contributed by atoms with E-state index in [0.717, 1.165) is 11.5 Å². The Labute approximate surface area is 174 Å². The summed E-state index contributed by atoms with van der Waals surface area (Å²) in [4.78, 5) is 0. The molecule has 5 rings (SSSR count). The van der Waals surface area contributed by atoms with E-state index in [1.807, 2.05) is 0 Å². The molecule has 0 bridgehead atoms. The second-order valence-electron chi connectivity index (χ2n) is 9.46. The van der Waals surface area contributed by atoms with Crippen LogP contribution in [0.5, 0.6) is 11.5 Å². The summed E-state index contributed by atoms with van der Waals surface area (Å²) in [6, 6.07) is 9.29. The molecular weight excluding hydrogens is 354 g/mol. The van der Waals surface area contributed by atoms with Crippen molar-refractivity contribution in [2.75, 3.05) is 0 Å². The zero-order chi connectivity index (χ0) is 20.3. The number of hydrogen-bond donors (Lipinski definition) is 0. The largest absolute Gasteiger partial charge is 0.449 e. The standard InChI is InChI=1S/C27H32NO/c1-16(2)20-14-21-13-17(3)18(4)24-25(21)23(15-20)29-27-22(11-12-28(5)26(24)27)19-9-7-6-8-10-19/h11-16,19H,6-10H2,1-5H3/q+1. The highest BCUT2D eigenvalue weighted by atomic mass is 16.5. The molecule has 150 valence electrons. The van der Waals surface area contributed by atoms with E-state index in [1.54, 1.807) is 0 Å². The Morgan fingerprint density at radius 3 is 2.52 bits per heavy atom. The topological polar surface area (TPSA) is 13.1 Å². The molecule has 0 N–H and O–H groups in total. The maximum Gasteiger partial charge on any atom is 0.256 e. The van der Waals surface area contributed by atoms with Crippen LogP contribution >= 0.6 is 0 Å². The molecule has 0 atom stereocenters. The van der Waals surface area contributed by atoms with Crippen LogP contribution < -0.4 is 9.30 Å². The summed E-state index contributed by atoms with van der Waals surface area (Å²) >= 11 is 0. The molecule has 2 heteroatoms. The van der Waals surface area contributed by atoms with Gasteiger partial charge in [0.1, 0.15) is 12.8 Å².